The largest absolute Gasteiger partial charge is 0.338 e. The summed E-state index contributed by atoms with van der Waals surface area (Å²) in [5.41, 5.74) is 2.33. The summed E-state index contributed by atoms with van der Waals surface area (Å²) in [5, 5.41) is 4.95. The molecule has 1 aliphatic rings. The third-order valence-electron chi connectivity index (χ3n) is 5.42. The van der Waals surface area contributed by atoms with Crippen molar-refractivity contribution < 1.29 is 9.59 Å². The van der Waals surface area contributed by atoms with Crippen LogP contribution in [-0.2, 0) is 11.2 Å². The van der Waals surface area contributed by atoms with Gasteiger partial charge in [-0.2, -0.15) is 0 Å². The molecule has 0 saturated carbocycles. The number of hydrogen-bond donors (Lipinski definition) is 1. The van der Waals surface area contributed by atoms with Crippen LogP contribution in [0.3, 0.4) is 0 Å². The van der Waals surface area contributed by atoms with Crippen molar-refractivity contribution in [3.8, 4) is 0 Å². The van der Waals surface area contributed by atoms with Crippen molar-refractivity contribution >= 4 is 23.3 Å². The van der Waals surface area contributed by atoms with Crippen molar-refractivity contribution in [2.75, 3.05) is 19.6 Å². The smallest absolute Gasteiger partial charge is 0.318 e. The molecule has 0 saturated heterocycles. The number of carbonyl (C=O) groups excluding carboxylic acids is 2. The minimum absolute atomic E-state index is 0.00254. The van der Waals surface area contributed by atoms with E-state index in [4.69, 9.17) is 0 Å². The highest BCUT2D eigenvalue weighted by atomic mass is 32.1. The second kappa shape index (κ2) is 9.24. The first-order valence-corrected chi connectivity index (χ1v) is 10.9. The van der Waals surface area contributed by atoms with E-state index in [1.807, 2.05) is 43.9 Å². The van der Waals surface area contributed by atoms with Crippen LogP contribution in [0.4, 0.5) is 4.79 Å². The van der Waals surface area contributed by atoms with E-state index in [0.717, 1.165) is 18.4 Å². The van der Waals surface area contributed by atoms with Gasteiger partial charge in [-0.25, -0.2) is 4.79 Å². The van der Waals surface area contributed by atoms with Gasteiger partial charge < -0.3 is 15.1 Å². The lowest BCUT2D eigenvalue weighted by molar-refractivity contribution is -0.134. The van der Waals surface area contributed by atoms with E-state index in [1.165, 1.54) is 10.4 Å². The standard InChI is InChI=1S/C22H29N3O2S/c1-4-16(3)25(22(27)23-5-2)15-20(26)24-13-11-19-18(12-14-28-19)21(24)17-9-7-6-8-10-17/h6-10,12,14,16,21H,4-5,11,13,15H2,1-3H3,(H,23,27)/t16-,21-/m0/s1. The third-order valence-corrected chi connectivity index (χ3v) is 6.42. The minimum atomic E-state index is -0.172. The van der Waals surface area contributed by atoms with Gasteiger partial charge in [0, 0.05) is 24.0 Å². The first kappa shape index (κ1) is 20.4. The zero-order chi connectivity index (χ0) is 20.1. The number of benzene rings is 1. The molecule has 6 heteroatoms. The van der Waals surface area contributed by atoms with Crippen molar-refractivity contribution in [1.29, 1.82) is 0 Å². The summed E-state index contributed by atoms with van der Waals surface area (Å²) in [6.07, 6.45) is 1.67. The van der Waals surface area contributed by atoms with Crippen LogP contribution in [-0.4, -0.2) is 47.4 Å². The maximum Gasteiger partial charge on any atom is 0.318 e. The van der Waals surface area contributed by atoms with E-state index in [9.17, 15) is 9.59 Å². The van der Waals surface area contributed by atoms with Crippen molar-refractivity contribution in [3.63, 3.8) is 0 Å². The van der Waals surface area contributed by atoms with Crippen LogP contribution in [0.5, 0.6) is 0 Å². The molecule has 150 valence electrons. The van der Waals surface area contributed by atoms with E-state index < -0.39 is 0 Å². The summed E-state index contributed by atoms with van der Waals surface area (Å²) in [5.74, 6) is -0.00254. The number of carbonyl (C=O) groups is 2. The highest BCUT2D eigenvalue weighted by Gasteiger charge is 2.34. The Balaban J connectivity index is 1.87. The molecule has 1 aromatic carbocycles. The Morgan fingerprint density at radius 2 is 2.00 bits per heavy atom. The summed E-state index contributed by atoms with van der Waals surface area (Å²) >= 11 is 1.76. The number of rotatable bonds is 6. The average Bonchev–Trinajstić information content (AvgIpc) is 3.20. The lowest BCUT2D eigenvalue weighted by Crippen LogP contribution is -2.51. The fourth-order valence-corrected chi connectivity index (χ4v) is 4.62. The quantitative estimate of drug-likeness (QED) is 0.797. The Bertz CT molecular complexity index is 805. The summed E-state index contributed by atoms with van der Waals surface area (Å²) in [7, 11) is 0. The predicted octanol–water partition coefficient (Wildman–Crippen LogP) is 4.05. The second-order valence-electron chi connectivity index (χ2n) is 7.17. The SMILES string of the molecule is CCNC(=O)N(CC(=O)N1CCc2sccc2[C@@H]1c1ccccc1)[C@@H](C)CC. The molecule has 0 bridgehead atoms. The molecule has 1 aliphatic heterocycles. The zero-order valence-electron chi connectivity index (χ0n) is 16.9. The highest BCUT2D eigenvalue weighted by Crippen LogP contribution is 2.37. The van der Waals surface area contributed by atoms with Crippen LogP contribution in [0.2, 0.25) is 0 Å². The van der Waals surface area contributed by atoms with Gasteiger partial charge in [-0.15, -0.1) is 11.3 Å². The zero-order valence-corrected chi connectivity index (χ0v) is 17.7. The Labute approximate surface area is 171 Å². The molecule has 0 unspecified atom stereocenters. The Kier molecular flexibility index (Phi) is 6.73. The molecule has 0 spiro atoms. The Hall–Kier alpha value is -2.34. The van der Waals surface area contributed by atoms with Gasteiger partial charge in [-0.1, -0.05) is 37.3 Å². The Morgan fingerprint density at radius 3 is 2.68 bits per heavy atom. The molecule has 1 aromatic heterocycles. The monoisotopic (exact) mass is 399 g/mol. The highest BCUT2D eigenvalue weighted by molar-refractivity contribution is 7.10. The second-order valence-corrected chi connectivity index (χ2v) is 8.17. The normalized spacial score (nSPS) is 17.0. The number of fused-ring (bicyclic) bond motifs is 1. The van der Waals surface area contributed by atoms with Gasteiger partial charge in [0.1, 0.15) is 6.54 Å². The van der Waals surface area contributed by atoms with Gasteiger partial charge >= 0.3 is 6.03 Å². The number of nitrogens with one attached hydrogen (secondary N) is 1. The van der Waals surface area contributed by atoms with Gasteiger partial charge in [0.15, 0.2) is 0 Å². The minimum Gasteiger partial charge on any atom is -0.338 e. The fraction of sp³-hybridized carbons (Fsp3) is 0.455. The lowest BCUT2D eigenvalue weighted by atomic mass is 9.93. The van der Waals surface area contributed by atoms with Crippen LogP contribution < -0.4 is 5.32 Å². The summed E-state index contributed by atoms with van der Waals surface area (Å²) < 4.78 is 0. The van der Waals surface area contributed by atoms with Crippen LogP contribution in [0.1, 0.15) is 49.2 Å². The summed E-state index contributed by atoms with van der Waals surface area (Å²) in [6.45, 7) is 7.24. The molecular weight excluding hydrogens is 370 g/mol. The third kappa shape index (κ3) is 4.22. The number of nitrogens with zero attached hydrogens (tertiary/aromatic N) is 2. The van der Waals surface area contributed by atoms with Crippen LogP contribution >= 0.6 is 11.3 Å². The molecule has 28 heavy (non-hydrogen) atoms. The summed E-state index contributed by atoms with van der Waals surface area (Å²) in [4.78, 5) is 30.8. The predicted molar refractivity (Wildman–Crippen MR) is 114 cm³/mol. The van der Waals surface area contributed by atoms with Gasteiger partial charge in [-0.05, 0) is 49.3 Å². The molecule has 3 rings (SSSR count). The number of amides is 3. The van der Waals surface area contributed by atoms with Crippen LogP contribution in [0.15, 0.2) is 41.8 Å². The van der Waals surface area contributed by atoms with Gasteiger partial charge in [0.05, 0.1) is 6.04 Å². The van der Waals surface area contributed by atoms with Gasteiger partial charge in [0.25, 0.3) is 0 Å². The van der Waals surface area contributed by atoms with Crippen molar-refractivity contribution in [1.82, 2.24) is 15.1 Å². The first-order chi connectivity index (χ1) is 13.6. The molecule has 5 nitrogen and oxygen atoms in total. The molecule has 2 atom stereocenters. The molecule has 0 aliphatic carbocycles. The first-order valence-electron chi connectivity index (χ1n) is 10.0. The van der Waals surface area contributed by atoms with E-state index in [2.05, 4.69) is 28.9 Å². The van der Waals surface area contributed by atoms with Crippen LogP contribution in [0.25, 0.3) is 0 Å². The molecule has 2 aromatic rings. The molecule has 1 N–H and O–H groups in total. The molecular formula is C22H29N3O2S. The van der Waals surface area contributed by atoms with Crippen molar-refractivity contribution in [2.45, 2.75) is 45.7 Å². The van der Waals surface area contributed by atoms with Crippen LogP contribution in [0, 0.1) is 0 Å². The summed E-state index contributed by atoms with van der Waals surface area (Å²) in [6, 6.07) is 12.1. The topological polar surface area (TPSA) is 52.7 Å². The maximum absolute atomic E-state index is 13.4. The number of urea groups is 1. The van der Waals surface area contributed by atoms with Gasteiger partial charge in [-0.3, -0.25) is 4.79 Å². The molecule has 3 amide bonds. The molecule has 2 heterocycles. The average molecular weight is 400 g/mol. The molecule has 0 radical (unpaired) electrons. The van der Waals surface area contributed by atoms with Crippen molar-refractivity contribution in [3.05, 3.63) is 57.8 Å². The molecule has 0 fully saturated rings. The van der Waals surface area contributed by atoms with E-state index >= 15 is 0 Å². The lowest BCUT2D eigenvalue weighted by Gasteiger charge is -2.38. The van der Waals surface area contributed by atoms with Crippen molar-refractivity contribution in [2.24, 2.45) is 0 Å². The van der Waals surface area contributed by atoms with E-state index in [0.29, 0.717) is 13.1 Å². The Morgan fingerprint density at radius 1 is 1.25 bits per heavy atom. The van der Waals surface area contributed by atoms with E-state index in [1.54, 1.807) is 16.2 Å². The van der Waals surface area contributed by atoms with Gasteiger partial charge in [0.2, 0.25) is 5.91 Å². The number of hydrogen-bond acceptors (Lipinski definition) is 3. The van der Waals surface area contributed by atoms with E-state index in [-0.39, 0.29) is 30.6 Å². The maximum atomic E-state index is 13.4. The fourth-order valence-electron chi connectivity index (χ4n) is 3.72. The number of thiophene rings is 1.